The molecule has 144 valence electrons. The average Bonchev–Trinajstić information content (AvgIpc) is 2.88. The third kappa shape index (κ3) is 2.89. The van der Waals surface area contributed by atoms with Gasteiger partial charge in [-0.1, -0.05) is 19.8 Å². The molecule has 1 aliphatic carbocycles. The van der Waals surface area contributed by atoms with Gasteiger partial charge < -0.3 is 10.2 Å². The van der Waals surface area contributed by atoms with Crippen molar-refractivity contribution < 1.29 is 18.8 Å². The Morgan fingerprint density at radius 3 is 2.89 bits per heavy atom. The number of halogens is 1. The van der Waals surface area contributed by atoms with Crippen molar-refractivity contribution in [3.05, 3.63) is 29.6 Å². The topological polar surface area (TPSA) is 69.7 Å². The Labute approximate surface area is 157 Å². The van der Waals surface area contributed by atoms with Gasteiger partial charge in [-0.2, -0.15) is 0 Å². The SMILES string of the molecule is CC1CCCCC12NC(=O)N(CC(=O)N1CCCc3cc(F)ccc31)C2=O. The Morgan fingerprint density at radius 1 is 1.30 bits per heavy atom. The lowest BCUT2D eigenvalue weighted by Crippen LogP contribution is -2.54. The zero-order valence-corrected chi connectivity index (χ0v) is 15.5. The molecular weight excluding hydrogens is 349 g/mol. The fourth-order valence-electron chi connectivity index (χ4n) is 4.68. The van der Waals surface area contributed by atoms with E-state index in [0.29, 0.717) is 25.1 Å². The van der Waals surface area contributed by atoms with Crippen molar-refractivity contribution in [1.82, 2.24) is 10.2 Å². The van der Waals surface area contributed by atoms with Crippen molar-refractivity contribution in [2.24, 2.45) is 5.92 Å². The van der Waals surface area contributed by atoms with E-state index in [9.17, 15) is 18.8 Å². The van der Waals surface area contributed by atoms with Gasteiger partial charge in [0.15, 0.2) is 0 Å². The van der Waals surface area contributed by atoms with E-state index in [1.165, 1.54) is 12.1 Å². The zero-order chi connectivity index (χ0) is 19.2. The number of amides is 4. The van der Waals surface area contributed by atoms with E-state index >= 15 is 0 Å². The molecule has 3 aliphatic rings. The van der Waals surface area contributed by atoms with Gasteiger partial charge in [-0.3, -0.25) is 14.5 Å². The molecule has 6 nitrogen and oxygen atoms in total. The summed E-state index contributed by atoms with van der Waals surface area (Å²) in [6, 6.07) is 3.88. The molecule has 1 N–H and O–H groups in total. The summed E-state index contributed by atoms with van der Waals surface area (Å²) < 4.78 is 13.5. The van der Waals surface area contributed by atoms with E-state index in [-0.39, 0.29) is 30.1 Å². The largest absolute Gasteiger partial charge is 0.325 e. The highest BCUT2D eigenvalue weighted by molar-refractivity contribution is 6.10. The fourth-order valence-corrected chi connectivity index (χ4v) is 4.68. The highest BCUT2D eigenvalue weighted by Gasteiger charge is 2.55. The fraction of sp³-hybridized carbons (Fsp3) is 0.550. The van der Waals surface area contributed by atoms with Crippen molar-refractivity contribution in [3.63, 3.8) is 0 Å². The molecule has 1 saturated carbocycles. The maximum Gasteiger partial charge on any atom is 0.325 e. The van der Waals surface area contributed by atoms with Crippen LogP contribution in [0.4, 0.5) is 14.9 Å². The van der Waals surface area contributed by atoms with Crippen LogP contribution >= 0.6 is 0 Å². The first kappa shape index (κ1) is 17.9. The van der Waals surface area contributed by atoms with E-state index in [1.807, 2.05) is 6.92 Å². The molecule has 0 bridgehead atoms. The number of nitrogens with zero attached hydrogens (tertiary/aromatic N) is 2. The van der Waals surface area contributed by atoms with Gasteiger partial charge in [0.2, 0.25) is 5.91 Å². The monoisotopic (exact) mass is 373 g/mol. The van der Waals surface area contributed by atoms with E-state index in [1.54, 1.807) is 11.0 Å². The number of nitrogens with one attached hydrogen (secondary N) is 1. The highest BCUT2D eigenvalue weighted by atomic mass is 19.1. The van der Waals surface area contributed by atoms with Crippen LogP contribution < -0.4 is 10.2 Å². The summed E-state index contributed by atoms with van der Waals surface area (Å²) in [6.07, 6.45) is 4.88. The molecule has 1 spiro atoms. The van der Waals surface area contributed by atoms with Crippen LogP contribution in [0.3, 0.4) is 0 Å². The molecule has 0 radical (unpaired) electrons. The standard InChI is InChI=1S/C20H24FN3O3/c1-13-5-2-3-9-20(13)18(26)24(19(27)22-20)12-17(25)23-10-4-6-14-11-15(21)7-8-16(14)23/h7-8,11,13H,2-6,9-10,12H2,1H3,(H,22,27). The first-order chi connectivity index (χ1) is 12.9. The molecule has 2 aliphatic heterocycles. The molecule has 4 rings (SSSR count). The van der Waals surface area contributed by atoms with Crippen LogP contribution in [0.2, 0.25) is 0 Å². The van der Waals surface area contributed by atoms with Crippen LogP contribution in [-0.2, 0) is 16.0 Å². The molecule has 1 aromatic rings. The van der Waals surface area contributed by atoms with Crippen LogP contribution in [-0.4, -0.2) is 41.4 Å². The van der Waals surface area contributed by atoms with Crippen molar-refractivity contribution in [3.8, 4) is 0 Å². The lowest BCUT2D eigenvalue weighted by Gasteiger charge is -2.37. The Kier molecular flexibility index (Phi) is 4.40. The van der Waals surface area contributed by atoms with Gasteiger partial charge in [0.25, 0.3) is 5.91 Å². The first-order valence-corrected chi connectivity index (χ1v) is 9.65. The number of imide groups is 1. The lowest BCUT2D eigenvalue weighted by molar-refractivity contribution is -0.136. The molecular formula is C20H24FN3O3. The molecule has 7 heteroatoms. The number of rotatable bonds is 2. The number of aryl methyl sites for hydroxylation is 1. The van der Waals surface area contributed by atoms with E-state index in [2.05, 4.69) is 5.32 Å². The number of hydrogen-bond acceptors (Lipinski definition) is 3. The van der Waals surface area contributed by atoms with Crippen molar-refractivity contribution in [1.29, 1.82) is 0 Å². The quantitative estimate of drug-likeness (QED) is 0.810. The van der Waals surface area contributed by atoms with Crippen LogP contribution in [0.15, 0.2) is 18.2 Å². The first-order valence-electron chi connectivity index (χ1n) is 9.65. The Hall–Kier alpha value is -2.44. The molecule has 1 saturated heterocycles. The van der Waals surface area contributed by atoms with Crippen LogP contribution in [0, 0.1) is 11.7 Å². The van der Waals surface area contributed by atoms with Gasteiger partial charge in [0, 0.05) is 12.2 Å². The molecule has 2 fully saturated rings. The number of carbonyl (C=O) groups excluding carboxylic acids is 3. The second kappa shape index (κ2) is 6.62. The number of fused-ring (bicyclic) bond motifs is 1. The molecule has 2 unspecified atom stereocenters. The van der Waals surface area contributed by atoms with Crippen LogP contribution in [0.25, 0.3) is 0 Å². The Bertz CT molecular complexity index is 812. The van der Waals surface area contributed by atoms with E-state index in [4.69, 9.17) is 0 Å². The lowest BCUT2D eigenvalue weighted by atomic mass is 9.73. The number of benzene rings is 1. The number of hydrogen-bond donors (Lipinski definition) is 1. The molecule has 27 heavy (non-hydrogen) atoms. The summed E-state index contributed by atoms with van der Waals surface area (Å²) in [7, 11) is 0. The minimum atomic E-state index is -0.863. The van der Waals surface area contributed by atoms with Gasteiger partial charge in [-0.15, -0.1) is 0 Å². The second-order valence-electron chi connectivity index (χ2n) is 7.86. The van der Waals surface area contributed by atoms with Gasteiger partial charge >= 0.3 is 6.03 Å². The second-order valence-corrected chi connectivity index (χ2v) is 7.86. The minimum Gasteiger partial charge on any atom is -0.323 e. The molecule has 4 amide bonds. The molecule has 2 heterocycles. The number of carbonyl (C=O) groups is 3. The molecule has 1 aromatic carbocycles. The zero-order valence-electron chi connectivity index (χ0n) is 15.5. The Balaban J connectivity index is 1.54. The van der Waals surface area contributed by atoms with E-state index in [0.717, 1.165) is 36.1 Å². The normalized spacial score (nSPS) is 27.7. The van der Waals surface area contributed by atoms with Crippen molar-refractivity contribution in [2.45, 2.75) is 51.0 Å². The summed E-state index contributed by atoms with van der Waals surface area (Å²) in [6.45, 7) is 2.21. The molecule has 0 aromatic heterocycles. The predicted molar refractivity (Wildman–Crippen MR) is 97.7 cm³/mol. The van der Waals surface area contributed by atoms with Gasteiger partial charge in [-0.05, 0) is 55.4 Å². The predicted octanol–water partition coefficient (Wildman–Crippen LogP) is 2.61. The van der Waals surface area contributed by atoms with Gasteiger partial charge in [0.05, 0.1) is 0 Å². The summed E-state index contributed by atoms with van der Waals surface area (Å²) in [5.74, 6) is -0.872. The summed E-state index contributed by atoms with van der Waals surface area (Å²) in [4.78, 5) is 41.0. The van der Waals surface area contributed by atoms with Gasteiger partial charge in [-0.25, -0.2) is 9.18 Å². The summed E-state index contributed by atoms with van der Waals surface area (Å²) >= 11 is 0. The number of anilines is 1. The molecule has 2 atom stereocenters. The Morgan fingerprint density at radius 2 is 2.11 bits per heavy atom. The van der Waals surface area contributed by atoms with Crippen molar-refractivity contribution >= 4 is 23.5 Å². The maximum atomic E-state index is 13.5. The third-order valence-corrected chi connectivity index (χ3v) is 6.26. The smallest absolute Gasteiger partial charge is 0.323 e. The minimum absolute atomic E-state index is 0.0569. The highest BCUT2D eigenvalue weighted by Crippen LogP contribution is 2.38. The number of urea groups is 1. The van der Waals surface area contributed by atoms with E-state index < -0.39 is 11.6 Å². The van der Waals surface area contributed by atoms with Crippen LogP contribution in [0.1, 0.15) is 44.6 Å². The van der Waals surface area contributed by atoms with Crippen molar-refractivity contribution in [2.75, 3.05) is 18.0 Å². The van der Waals surface area contributed by atoms with Crippen LogP contribution in [0.5, 0.6) is 0 Å². The maximum absolute atomic E-state index is 13.5. The summed E-state index contributed by atoms with van der Waals surface area (Å²) in [5, 5.41) is 2.87. The average molecular weight is 373 g/mol. The summed E-state index contributed by atoms with van der Waals surface area (Å²) in [5.41, 5.74) is 0.586. The van der Waals surface area contributed by atoms with Gasteiger partial charge in [0.1, 0.15) is 17.9 Å². The third-order valence-electron chi connectivity index (χ3n) is 6.26.